The standard InChI is InChI=1S/C12H14ClFN4/c1-2-18-12(16-7-17-18)6-11(15)9-5-8(13)3-4-10(9)14/h3-5,7,11H,2,6,15H2,1H3. The van der Waals surface area contributed by atoms with E-state index in [1.165, 1.54) is 18.5 Å². The lowest BCUT2D eigenvalue weighted by Crippen LogP contribution is -2.18. The van der Waals surface area contributed by atoms with Crippen LogP contribution in [0.1, 0.15) is 24.4 Å². The fourth-order valence-corrected chi connectivity index (χ4v) is 2.00. The Morgan fingerprint density at radius 1 is 1.50 bits per heavy atom. The first-order valence-corrected chi connectivity index (χ1v) is 6.06. The van der Waals surface area contributed by atoms with E-state index in [2.05, 4.69) is 10.1 Å². The quantitative estimate of drug-likeness (QED) is 0.926. The number of aromatic nitrogens is 3. The van der Waals surface area contributed by atoms with Gasteiger partial charge in [-0.1, -0.05) is 11.6 Å². The molecule has 1 atom stereocenters. The van der Waals surface area contributed by atoms with Crippen molar-refractivity contribution in [2.45, 2.75) is 25.9 Å². The highest BCUT2D eigenvalue weighted by Gasteiger charge is 2.15. The van der Waals surface area contributed by atoms with Crippen LogP contribution in [-0.2, 0) is 13.0 Å². The van der Waals surface area contributed by atoms with E-state index in [0.29, 0.717) is 23.6 Å². The number of rotatable bonds is 4. The molecular formula is C12H14ClFN4. The third kappa shape index (κ3) is 2.68. The first kappa shape index (κ1) is 13.0. The van der Waals surface area contributed by atoms with E-state index in [1.54, 1.807) is 10.7 Å². The third-order valence-corrected chi connectivity index (χ3v) is 2.99. The number of halogens is 2. The normalized spacial score (nSPS) is 12.7. The largest absolute Gasteiger partial charge is 0.323 e. The van der Waals surface area contributed by atoms with Crippen molar-refractivity contribution in [3.63, 3.8) is 0 Å². The molecule has 0 aliphatic rings. The fourth-order valence-electron chi connectivity index (χ4n) is 1.82. The first-order valence-electron chi connectivity index (χ1n) is 5.69. The number of nitrogens with two attached hydrogens (primary N) is 1. The second kappa shape index (κ2) is 5.46. The molecule has 0 aliphatic heterocycles. The van der Waals surface area contributed by atoms with E-state index in [4.69, 9.17) is 17.3 Å². The second-order valence-electron chi connectivity index (χ2n) is 3.97. The molecule has 0 radical (unpaired) electrons. The average molecular weight is 269 g/mol. The molecule has 2 aromatic rings. The van der Waals surface area contributed by atoms with Crippen molar-refractivity contribution in [1.29, 1.82) is 0 Å². The zero-order valence-electron chi connectivity index (χ0n) is 9.98. The molecule has 4 nitrogen and oxygen atoms in total. The van der Waals surface area contributed by atoms with Gasteiger partial charge in [0.05, 0.1) is 0 Å². The van der Waals surface area contributed by atoms with Crippen molar-refractivity contribution in [3.8, 4) is 0 Å². The van der Waals surface area contributed by atoms with Crippen LogP contribution in [0.15, 0.2) is 24.5 Å². The molecule has 0 spiro atoms. The van der Waals surface area contributed by atoms with E-state index in [-0.39, 0.29) is 5.82 Å². The lowest BCUT2D eigenvalue weighted by molar-refractivity contribution is 0.550. The molecule has 1 heterocycles. The van der Waals surface area contributed by atoms with Crippen molar-refractivity contribution in [2.24, 2.45) is 5.73 Å². The summed E-state index contributed by atoms with van der Waals surface area (Å²) in [7, 11) is 0. The average Bonchev–Trinajstić information content (AvgIpc) is 2.79. The van der Waals surface area contributed by atoms with Crippen LogP contribution >= 0.6 is 11.6 Å². The summed E-state index contributed by atoms with van der Waals surface area (Å²) in [6.07, 6.45) is 1.89. The maximum Gasteiger partial charge on any atom is 0.138 e. The van der Waals surface area contributed by atoms with Gasteiger partial charge < -0.3 is 5.73 Å². The van der Waals surface area contributed by atoms with Crippen LogP contribution < -0.4 is 5.73 Å². The number of benzene rings is 1. The SMILES string of the molecule is CCn1ncnc1CC(N)c1cc(Cl)ccc1F. The van der Waals surface area contributed by atoms with Gasteiger partial charge in [0.15, 0.2) is 0 Å². The molecule has 0 bridgehead atoms. The summed E-state index contributed by atoms with van der Waals surface area (Å²) in [5.41, 5.74) is 6.40. The maximum atomic E-state index is 13.6. The van der Waals surface area contributed by atoms with Gasteiger partial charge in [-0.3, -0.25) is 4.68 Å². The summed E-state index contributed by atoms with van der Waals surface area (Å²) in [6, 6.07) is 3.89. The smallest absolute Gasteiger partial charge is 0.138 e. The van der Waals surface area contributed by atoms with Gasteiger partial charge in [0.2, 0.25) is 0 Å². The van der Waals surface area contributed by atoms with Gasteiger partial charge in [-0.25, -0.2) is 9.37 Å². The predicted octanol–water partition coefficient (Wildman–Crippen LogP) is 2.33. The Morgan fingerprint density at radius 2 is 2.28 bits per heavy atom. The second-order valence-corrected chi connectivity index (χ2v) is 4.40. The summed E-state index contributed by atoms with van der Waals surface area (Å²) < 4.78 is 15.4. The number of hydrogen-bond acceptors (Lipinski definition) is 3. The van der Waals surface area contributed by atoms with Crippen LogP contribution in [0.5, 0.6) is 0 Å². The fraction of sp³-hybridized carbons (Fsp3) is 0.333. The molecule has 1 unspecified atom stereocenters. The molecule has 2 N–H and O–H groups in total. The van der Waals surface area contributed by atoms with Crippen molar-refractivity contribution in [2.75, 3.05) is 0 Å². The highest BCUT2D eigenvalue weighted by molar-refractivity contribution is 6.30. The molecule has 2 rings (SSSR count). The van der Waals surface area contributed by atoms with E-state index < -0.39 is 6.04 Å². The van der Waals surface area contributed by atoms with E-state index in [0.717, 1.165) is 5.82 Å². The monoisotopic (exact) mass is 268 g/mol. The van der Waals surface area contributed by atoms with Crippen LogP contribution in [-0.4, -0.2) is 14.8 Å². The number of nitrogens with zero attached hydrogens (tertiary/aromatic N) is 3. The van der Waals surface area contributed by atoms with Crippen molar-refractivity contribution < 1.29 is 4.39 Å². The van der Waals surface area contributed by atoms with Crippen LogP contribution in [0.2, 0.25) is 5.02 Å². The van der Waals surface area contributed by atoms with E-state index in [1.807, 2.05) is 6.92 Å². The molecule has 96 valence electrons. The van der Waals surface area contributed by atoms with Crippen LogP contribution in [0.4, 0.5) is 4.39 Å². The molecule has 0 saturated carbocycles. The molecule has 18 heavy (non-hydrogen) atoms. The Balaban J connectivity index is 2.21. The Morgan fingerprint density at radius 3 is 3.00 bits per heavy atom. The van der Waals surface area contributed by atoms with Crippen LogP contribution in [0, 0.1) is 5.82 Å². The molecule has 6 heteroatoms. The molecule has 0 fully saturated rings. The number of aryl methyl sites for hydroxylation is 1. The van der Waals surface area contributed by atoms with Gasteiger partial charge in [0.25, 0.3) is 0 Å². The summed E-state index contributed by atoms with van der Waals surface area (Å²) in [6.45, 7) is 2.67. The number of hydrogen-bond donors (Lipinski definition) is 1. The van der Waals surface area contributed by atoms with Gasteiger partial charge >= 0.3 is 0 Å². The van der Waals surface area contributed by atoms with Crippen LogP contribution in [0.3, 0.4) is 0 Å². The minimum Gasteiger partial charge on any atom is -0.323 e. The summed E-state index contributed by atoms with van der Waals surface area (Å²) in [4.78, 5) is 4.12. The van der Waals surface area contributed by atoms with Gasteiger partial charge in [-0.2, -0.15) is 5.10 Å². The zero-order valence-corrected chi connectivity index (χ0v) is 10.7. The van der Waals surface area contributed by atoms with Gasteiger partial charge in [0.1, 0.15) is 18.0 Å². The van der Waals surface area contributed by atoms with E-state index >= 15 is 0 Å². The maximum absolute atomic E-state index is 13.6. The molecular weight excluding hydrogens is 255 g/mol. The highest BCUT2D eigenvalue weighted by Crippen LogP contribution is 2.22. The lowest BCUT2D eigenvalue weighted by Gasteiger charge is -2.13. The third-order valence-electron chi connectivity index (χ3n) is 2.76. The summed E-state index contributed by atoms with van der Waals surface area (Å²) >= 11 is 5.85. The Bertz CT molecular complexity index is 541. The molecule has 0 aliphatic carbocycles. The topological polar surface area (TPSA) is 56.7 Å². The minimum absolute atomic E-state index is 0.352. The van der Waals surface area contributed by atoms with Crippen LogP contribution in [0.25, 0.3) is 0 Å². The Kier molecular flexibility index (Phi) is 3.93. The van der Waals surface area contributed by atoms with Gasteiger partial charge in [0, 0.05) is 29.6 Å². The Labute approximate surface area is 110 Å². The van der Waals surface area contributed by atoms with Gasteiger partial charge in [-0.15, -0.1) is 0 Å². The first-order chi connectivity index (χ1) is 8.61. The molecule has 0 saturated heterocycles. The zero-order chi connectivity index (χ0) is 13.1. The van der Waals surface area contributed by atoms with E-state index in [9.17, 15) is 4.39 Å². The molecule has 1 aromatic heterocycles. The highest BCUT2D eigenvalue weighted by atomic mass is 35.5. The predicted molar refractivity (Wildman–Crippen MR) is 67.7 cm³/mol. The van der Waals surface area contributed by atoms with Crippen molar-refractivity contribution >= 4 is 11.6 Å². The van der Waals surface area contributed by atoms with Gasteiger partial charge in [-0.05, 0) is 25.1 Å². The minimum atomic E-state index is -0.488. The summed E-state index contributed by atoms with van der Waals surface area (Å²) in [5, 5.41) is 4.52. The molecule has 1 aromatic carbocycles. The Hall–Kier alpha value is -1.46. The van der Waals surface area contributed by atoms with Crippen molar-refractivity contribution in [3.05, 3.63) is 46.8 Å². The lowest BCUT2D eigenvalue weighted by atomic mass is 10.0. The van der Waals surface area contributed by atoms with Crippen molar-refractivity contribution in [1.82, 2.24) is 14.8 Å². The summed E-state index contributed by atoms with van der Waals surface area (Å²) in [5.74, 6) is 0.388. The molecule has 0 amide bonds.